The Morgan fingerprint density at radius 3 is 2.68 bits per heavy atom. The average molecular weight is 261 g/mol. The molecule has 1 aliphatic heterocycles. The molecule has 0 aromatic carbocycles. The standard InChI is InChI=1S/C12H13N3O2.C2H6/c1-3-4-9(2)15-6-5-14-8-13-11(16)7-10(14)12(15)17;1-2/h3-4,7-8H,2,5-6H2,1H3;1-2H3/b4-3-;. The fraction of sp³-hybridized carbons (Fsp3) is 0.357. The number of nitrogens with zero attached hydrogens (tertiary/aromatic N) is 3. The Hall–Kier alpha value is -2.17. The Labute approximate surface area is 112 Å². The van der Waals surface area contributed by atoms with Crippen molar-refractivity contribution in [3.05, 3.63) is 52.9 Å². The molecule has 102 valence electrons. The highest BCUT2D eigenvalue weighted by Crippen LogP contribution is 2.15. The lowest BCUT2D eigenvalue weighted by Gasteiger charge is -2.29. The molecule has 19 heavy (non-hydrogen) atoms. The van der Waals surface area contributed by atoms with Gasteiger partial charge in [0.05, 0.1) is 6.33 Å². The molecular weight excluding hydrogens is 242 g/mol. The number of amides is 1. The maximum absolute atomic E-state index is 12.1. The predicted molar refractivity (Wildman–Crippen MR) is 74.8 cm³/mol. The van der Waals surface area contributed by atoms with Crippen molar-refractivity contribution in [2.45, 2.75) is 27.3 Å². The molecule has 1 aromatic rings. The van der Waals surface area contributed by atoms with Crippen molar-refractivity contribution in [1.82, 2.24) is 14.5 Å². The number of hydrogen-bond donors (Lipinski definition) is 0. The lowest BCUT2D eigenvalue weighted by molar-refractivity contribution is 0.0764. The third-order valence-electron chi connectivity index (χ3n) is 2.63. The second-order valence-corrected chi connectivity index (χ2v) is 3.75. The summed E-state index contributed by atoms with van der Waals surface area (Å²) in [5.74, 6) is -0.209. The molecule has 2 heterocycles. The topological polar surface area (TPSA) is 55.2 Å². The van der Waals surface area contributed by atoms with Crippen LogP contribution in [0.5, 0.6) is 0 Å². The molecule has 1 aliphatic rings. The van der Waals surface area contributed by atoms with Crippen LogP contribution in [0.2, 0.25) is 0 Å². The van der Waals surface area contributed by atoms with E-state index in [4.69, 9.17) is 0 Å². The lowest BCUT2D eigenvalue weighted by atomic mass is 10.2. The van der Waals surface area contributed by atoms with E-state index in [0.717, 1.165) is 0 Å². The minimum atomic E-state index is -0.400. The fourth-order valence-corrected chi connectivity index (χ4v) is 1.79. The molecule has 0 aliphatic carbocycles. The zero-order valence-corrected chi connectivity index (χ0v) is 11.6. The molecule has 0 fully saturated rings. The van der Waals surface area contributed by atoms with Crippen LogP contribution >= 0.6 is 0 Å². The summed E-state index contributed by atoms with van der Waals surface area (Å²) in [7, 11) is 0. The van der Waals surface area contributed by atoms with Crippen molar-refractivity contribution in [2.75, 3.05) is 6.54 Å². The van der Waals surface area contributed by atoms with Gasteiger partial charge in [0.15, 0.2) is 0 Å². The lowest BCUT2D eigenvalue weighted by Crippen LogP contribution is -2.40. The van der Waals surface area contributed by atoms with Crippen molar-refractivity contribution in [3.8, 4) is 0 Å². The van der Waals surface area contributed by atoms with Crippen molar-refractivity contribution in [1.29, 1.82) is 0 Å². The Morgan fingerprint density at radius 1 is 1.37 bits per heavy atom. The van der Waals surface area contributed by atoms with Gasteiger partial charge in [0.25, 0.3) is 11.5 Å². The number of fused-ring (bicyclic) bond motifs is 1. The molecule has 0 spiro atoms. The number of carbonyl (C=O) groups excluding carboxylic acids is 1. The van der Waals surface area contributed by atoms with Crippen molar-refractivity contribution in [3.63, 3.8) is 0 Å². The Morgan fingerprint density at radius 2 is 2.05 bits per heavy atom. The molecule has 1 aromatic heterocycles. The second-order valence-electron chi connectivity index (χ2n) is 3.75. The number of aromatic nitrogens is 2. The molecular formula is C14H19N3O2. The smallest absolute Gasteiger partial charge is 0.275 e. The van der Waals surface area contributed by atoms with E-state index in [1.165, 1.54) is 12.4 Å². The third-order valence-corrected chi connectivity index (χ3v) is 2.63. The largest absolute Gasteiger partial charge is 0.326 e. The molecule has 0 saturated carbocycles. The van der Waals surface area contributed by atoms with E-state index in [1.54, 1.807) is 15.5 Å². The quantitative estimate of drug-likeness (QED) is 0.763. The molecule has 0 atom stereocenters. The molecule has 0 radical (unpaired) electrons. The average Bonchev–Trinajstić information content (AvgIpc) is 2.42. The zero-order chi connectivity index (χ0) is 14.4. The van der Waals surface area contributed by atoms with Crippen molar-refractivity contribution < 1.29 is 4.79 Å². The first-order valence-electron chi connectivity index (χ1n) is 6.33. The van der Waals surface area contributed by atoms with E-state index in [0.29, 0.717) is 24.5 Å². The summed E-state index contributed by atoms with van der Waals surface area (Å²) in [6, 6.07) is 1.26. The molecule has 0 unspecified atom stereocenters. The van der Waals surface area contributed by atoms with E-state index in [1.807, 2.05) is 26.8 Å². The van der Waals surface area contributed by atoms with E-state index < -0.39 is 5.56 Å². The summed E-state index contributed by atoms with van der Waals surface area (Å²) >= 11 is 0. The molecule has 2 rings (SSSR count). The van der Waals surface area contributed by atoms with Crippen LogP contribution in [0.4, 0.5) is 0 Å². The number of rotatable bonds is 2. The van der Waals surface area contributed by atoms with Crippen LogP contribution in [0.15, 0.2) is 41.6 Å². The summed E-state index contributed by atoms with van der Waals surface area (Å²) in [4.78, 5) is 28.5. The van der Waals surface area contributed by atoms with E-state index in [2.05, 4.69) is 11.6 Å². The highest BCUT2D eigenvalue weighted by Gasteiger charge is 2.24. The molecule has 5 nitrogen and oxygen atoms in total. The first-order chi connectivity index (χ1) is 9.13. The minimum absolute atomic E-state index is 0.209. The van der Waals surface area contributed by atoms with Gasteiger partial charge in [0.1, 0.15) is 5.69 Å². The summed E-state index contributed by atoms with van der Waals surface area (Å²) in [5, 5.41) is 0. The summed E-state index contributed by atoms with van der Waals surface area (Å²) in [5.41, 5.74) is 0.595. The fourth-order valence-electron chi connectivity index (χ4n) is 1.79. The highest BCUT2D eigenvalue weighted by molar-refractivity contribution is 5.94. The maximum atomic E-state index is 12.1. The number of hydrogen-bond acceptors (Lipinski definition) is 3. The molecule has 0 saturated heterocycles. The summed E-state index contributed by atoms with van der Waals surface area (Å²) in [6.07, 6.45) is 5.00. The molecule has 1 amide bonds. The van der Waals surface area contributed by atoms with Gasteiger partial charge in [-0.1, -0.05) is 26.5 Å². The van der Waals surface area contributed by atoms with Gasteiger partial charge < -0.3 is 9.47 Å². The van der Waals surface area contributed by atoms with E-state index in [-0.39, 0.29) is 5.91 Å². The van der Waals surface area contributed by atoms with E-state index >= 15 is 0 Å². The van der Waals surface area contributed by atoms with Gasteiger partial charge in [-0.2, -0.15) is 4.98 Å². The zero-order valence-electron chi connectivity index (χ0n) is 11.6. The van der Waals surface area contributed by atoms with Crippen LogP contribution in [0.3, 0.4) is 0 Å². The SMILES string of the molecule is C=C(/C=C\C)N1CCn2cnc(=O)cc2C1=O.CC. The molecule has 5 heteroatoms. The third kappa shape index (κ3) is 3.19. The second kappa shape index (κ2) is 6.68. The van der Waals surface area contributed by atoms with Crippen LogP contribution in [0.1, 0.15) is 31.3 Å². The van der Waals surface area contributed by atoms with Gasteiger partial charge in [-0.05, 0) is 13.0 Å². The number of carbonyl (C=O) groups is 1. The van der Waals surface area contributed by atoms with Gasteiger partial charge in [-0.25, -0.2) is 0 Å². The Bertz CT molecular complexity index is 558. The van der Waals surface area contributed by atoms with Crippen LogP contribution in [0, 0.1) is 0 Å². The van der Waals surface area contributed by atoms with Crippen LogP contribution in [0.25, 0.3) is 0 Å². The summed E-state index contributed by atoms with van der Waals surface area (Å²) < 4.78 is 1.68. The van der Waals surface area contributed by atoms with E-state index in [9.17, 15) is 9.59 Å². The van der Waals surface area contributed by atoms with Gasteiger partial charge >= 0.3 is 0 Å². The molecule has 0 bridgehead atoms. The Kier molecular flexibility index (Phi) is 5.23. The minimum Gasteiger partial charge on any atom is -0.326 e. The predicted octanol–water partition coefficient (Wildman–Crippen LogP) is 1.82. The normalized spacial score (nSPS) is 13.8. The van der Waals surface area contributed by atoms with Crippen LogP contribution in [-0.4, -0.2) is 26.9 Å². The van der Waals surface area contributed by atoms with Gasteiger partial charge in [-0.3, -0.25) is 9.59 Å². The van der Waals surface area contributed by atoms with Crippen molar-refractivity contribution in [2.24, 2.45) is 0 Å². The molecule has 0 N–H and O–H groups in total. The first-order valence-corrected chi connectivity index (χ1v) is 6.33. The monoisotopic (exact) mass is 261 g/mol. The van der Waals surface area contributed by atoms with Crippen molar-refractivity contribution >= 4 is 5.91 Å². The maximum Gasteiger partial charge on any atom is 0.275 e. The van der Waals surface area contributed by atoms with Gasteiger partial charge in [-0.15, -0.1) is 0 Å². The first kappa shape index (κ1) is 14.9. The van der Waals surface area contributed by atoms with Gasteiger partial charge in [0, 0.05) is 24.9 Å². The van der Waals surface area contributed by atoms with Crippen LogP contribution < -0.4 is 5.56 Å². The number of allylic oxidation sites excluding steroid dienone is 2. The van der Waals surface area contributed by atoms with Crippen LogP contribution in [-0.2, 0) is 6.54 Å². The van der Waals surface area contributed by atoms with Gasteiger partial charge in [0.2, 0.25) is 0 Å². The highest BCUT2D eigenvalue weighted by atomic mass is 16.2. The Balaban J connectivity index is 0.000000861. The summed E-state index contributed by atoms with van der Waals surface area (Å²) in [6.45, 7) is 10.8.